The third-order valence-electron chi connectivity index (χ3n) is 0.398. The maximum atomic E-state index is 3.18. The van der Waals surface area contributed by atoms with Crippen molar-refractivity contribution in [2.24, 2.45) is 0 Å². The SMILES string of the molecule is CCC[CH-]Br.[Fe]. The maximum Gasteiger partial charge on any atom is 0 e. The molecule has 2 heteroatoms. The third-order valence-corrected chi connectivity index (χ3v) is 0.856. The van der Waals surface area contributed by atoms with Crippen LogP contribution in [-0.2, 0) is 17.1 Å². The number of hydrogen-bond acceptors (Lipinski definition) is 0. The Bertz CT molecular complexity index is 15.0. The molecule has 6 heavy (non-hydrogen) atoms. The summed E-state index contributed by atoms with van der Waals surface area (Å²) in [7, 11) is 0. The molecule has 0 aromatic carbocycles. The minimum Gasteiger partial charge on any atom is -0.320 e. The van der Waals surface area contributed by atoms with Gasteiger partial charge in [-0.3, -0.25) is 5.33 Å². The van der Waals surface area contributed by atoms with Crippen molar-refractivity contribution in [3.63, 3.8) is 0 Å². The van der Waals surface area contributed by atoms with Crippen molar-refractivity contribution < 1.29 is 17.1 Å². The summed E-state index contributed by atoms with van der Waals surface area (Å²) in [6.07, 6.45) is 2.42. The number of hydrogen-bond donors (Lipinski definition) is 0. The average Bonchev–Trinajstić information content (AvgIpc) is 1.41. The summed E-state index contributed by atoms with van der Waals surface area (Å²) < 4.78 is 0. The predicted molar refractivity (Wildman–Crippen MR) is 28.1 cm³/mol. The summed E-state index contributed by atoms with van der Waals surface area (Å²) in [4.78, 5) is 0. The molecule has 0 bridgehead atoms. The van der Waals surface area contributed by atoms with E-state index in [9.17, 15) is 0 Å². The van der Waals surface area contributed by atoms with Crippen molar-refractivity contribution >= 4 is 15.9 Å². The first-order chi connectivity index (χ1) is 2.41. The molecule has 0 atom stereocenters. The second-order valence-corrected chi connectivity index (χ2v) is 1.59. The van der Waals surface area contributed by atoms with Crippen LogP contribution in [-0.4, -0.2) is 0 Å². The van der Waals surface area contributed by atoms with E-state index in [1.54, 1.807) is 0 Å². The van der Waals surface area contributed by atoms with Gasteiger partial charge >= 0.3 is 0 Å². The quantitative estimate of drug-likeness (QED) is 0.465. The average molecular weight is 192 g/mol. The van der Waals surface area contributed by atoms with Crippen molar-refractivity contribution in [3.8, 4) is 0 Å². The first kappa shape index (κ1) is 10.1. The van der Waals surface area contributed by atoms with Crippen LogP contribution < -0.4 is 0 Å². The number of unbranched alkanes of at least 4 members (excludes halogenated alkanes) is 1. The predicted octanol–water partition coefficient (Wildman–Crippen LogP) is 2.34. The standard InChI is InChI=1S/C4H8Br.Fe/c1-2-3-4-5;/h4H,2-3H2,1H3;/q-1;. The molecule has 0 saturated carbocycles. The van der Waals surface area contributed by atoms with Gasteiger partial charge < -0.3 is 15.9 Å². The van der Waals surface area contributed by atoms with Gasteiger partial charge in [-0.05, 0) is 0 Å². The monoisotopic (exact) mass is 191 g/mol. The second-order valence-electron chi connectivity index (χ2n) is 0.943. The zero-order valence-corrected chi connectivity index (χ0v) is 6.41. The molecule has 0 aliphatic rings. The van der Waals surface area contributed by atoms with Crippen molar-refractivity contribution in [3.05, 3.63) is 5.33 Å². The molecule has 0 aliphatic carbocycles. The van der Waals surface area contributed by atoms with Crippen molar-refractivity contribution in [1.82, 2.24) is 0 Å². The van der Waals surface area contributed by atoms with Crippen LogP contribution in [0.1, 0.15) is 19.8 Å². The molecule has 0 spiro atoms. The number of halogens is 1. The summed E-state index contributed by atoms with van der Waals surface area (Å²) in [5.74, 6) is 0. The summed E-state index contributed by atoms with van der Waals surface area (Å²) in [6, 6.07) is 0. The molecule has 0 aliphatic heterocycles. The topological polar surface area (TPSA) is 0 Å². The van der Waals surface area contributed by atoms with Crippen molar-refractivity contribution in [2.45, 2.75) is 19.8 Å². The molecule has 0 radical (unpaired) electrons. The van der Waals surface area contributed by atoms with E-state index in [1.165, 1.54) is 12.8 Å². The minimum atomic E-state index is 0. The van der Waals surface area contributed by atoms with E-state index < -0.39 is 0 Å². The molecular weight excluding hydrogens is 184 g/mol. The minimum absolute atomic E-state index is 0. The molecule has 0 rings (SSSR count). The maximum absolute atomic E-state index is 3.18. The van der Waals surface area contributed by atoms with Gasteiger partial charge in [-0.15, -0.1) is 0 Å². The smallest absolute Gasteiger partial charge is 0 e. The van der Waals surface area contributed by atoms with E-state index in [0.717, 1.165) is 0 Å². The van der Waals surface area contributed by atoms with Gasteiger partial charge in [0.05, 0.1) is 0 Å². The molecule has 0 N–H and O–H groups in total. The summed E-state index contributed by atoms with van der Waals surface area (Å²) in [5.41, 5.74) is 0. The molecule has 0 unspecified atom stereocenters. The molecule has 0 amide bonds. The Morgan fingerprint density at radius 3 is 2.17 bits per heavy atom. The van der Waals surface area contributed by atoms with Gasteiger partial charge in [-0.25, -0.2) is 0 Å². The van der Waals surface area contributed by atoms with Gasteiger partial charge in [0.25, 0.3) is 0 Å². The Balaban J connectivity index is 0. The molecular formula is C4H8BrFe-. The second kappa shape index (κ2) is 9.37. The third kappa shape index (κ3) is 8.89. The van der Waals surface area contributed by atoms with Crippen molar-refractivity contribution in [2.75, 3.05) is 0 Å². The van der Waals surface area contributed by atoms with E-state index in [4.69, 9.17) is 0 Å². The molecule has 0 nitrogen and oxygen atoms in total. The fourth-order valence-corrected chi connectivity index (χ4v) is 0.567. The Kier molecular flexibility index (Phi) is 15.7. The molecule has 0 aromatic rings. The van der Waals surface area contributed by atoms with Crippen LogP contribution in [0.15, 0.2) is 0 Å². The van der Waals surface area contributed by atoms with E-state index >= 15 is 0 Å². The molecule has 0 heterocycles. The Hall–Kier alpha value is 0.999. The summed E-state index contributed by atoms with van der Waals surface area (Å²) in [6.45, 7) is 2.15. The fourth-order valence-electron chi connectivity index (χ4n) is 0.109. The first-order valence-electron chi connectivity index (χ1n) is 1.83. The summed E-state index contributed by atoms with van der Waals surface area (Å²) in [5, 5.41) is 1.99. The van der Waals surface area contributed by atoms with Gasteiger partial charge in [0.2, 0.25) is 0 Å². The van der Waals surface area contributed by atoms with Crippen LogP contribution in [0.25, 0.3) is 0 Å². The first-order valence-corrected chi connectivity index (χ1v) is 2.75. The largest absolute Gasteiger partial charge is 0.320 e. The van der Waals surface area contributed by atoms with E-state index in [2.05, 4.69) is 22.9 Å². The van der Waals surface area contributed by atoms with Gasteiger partial charge in [0.1, 0.15) is 0 Å². The van der Waals surface area contributed by atoms with E-state index in [-0.39, 0.29) is 17.1 Å². The van der Waals surface area contributed by atoms with E-state index in [1.807, 2.05) is 5.33 Å². The van der Waals surface area contributed by atoms with Crippen LogP contribution in [0, 0.1) is 5.33 Å². The Morgan fingerprint density at radius 1 is 1.67 bits per heavy atom. The van der Waals surface area contributed by atoms with E-state index in [0.29, 0.717) is 0 Å². The van der Waals surface area contributed by atoms with Crippen LogP contribution >= 0.6 is 15.9 Å². The zero-order chi connectivity index (χ0) is 4.12. The Labute approximate surface area is 58.3 Å². The van der Waals surface area contributed by atoms with Crippen LogP contribution in [0.4, 0.5) is 0 Å². The molecule has 40 valence electrons. The Morgan fingerprint density at radius 2 is 2.17 bits per heavy atom. The van der Waals surface area contributed by atoms with Gasteiger partial charge in [0.15, 0.2) is 0 Å². The van der Waals surface area contributed by atoms with Crippen LogP contribution in [0.3, 0.4) is 0 Å². The number of rotatable bonds is 2. The zero-order valence-electron chi connectivity index (χ0n) is 3.72. The van der Waals surface area contributed by atoms with Crippen LogP contribution in [0.5, 0.6) is 0 Å². The van der Waals surface area contributed by atoms with Gasteiger partial charge in [-0.2, -0.15) is 6.42 Å². The fraction of sp³-hybridized carbons (Fsp3) is 0.750. The molecule has 0 saturated heterocycles. The normalized spacial score (nSPS) is 7.00. The van der Waals surface area contributed by atoms with Gasteiger partial charge in [0, 0.05) is 17.1 Å². The summed E-state index contributed by atoms with van der Waals surface area (Å²) >= 11 is 3.18. The van der Waals surface area contributed by atoms with Gasteiger partial charge in [-0.1, -0.05) is 13.3 Å². The van der Waals surface area contributed by atoms with Crippen molar-refractivity contribution in [1.29, 1.82) is 0 Å². The molecule has 0 fully saturated rings. The van der Waals surface area contributed by atoms with Crippen LogP contribution in [0.2, 0.25) is 0 Å². The molecule has 0 aromatic heterocycles.